The minimum Gasteiger partial charge on any atom is -0.0654 e. The number of rotatable bonds is 15. The van der Waals surface area contributed by atoms with Crippen LogP contribution >= 0.6 is 31.9 Å². The SMILES string of the molecule is CCCCCCCCc1ccc(-c2ccc(CCCCCCCC)c(Br)c2Br)cc1. The molecule has 0 heterocycles. The zero-order valence-corrected chi connectivity index (χ0v) is 22.3. The van der Waals surface area contributed by atoms with Gasteiger partial charge in [-0.2, -0.15) is 0 Å². The third-order valence-corrected chi connectivity index (χ3v) is 8.31. The second-order valence-corrected chi connectivity index (χ2v) is 10.2. The summed E-state index contributed by atoms with van der Waals surface area (Å²) in [4.78, 5) is 0. The van der Waals surface area contributed by atoms with E-state index in [4.69, 9.17) is 0 Å². The van der Waals surface area contributed by atoms with Crippen molar-refractivity contribution in [3.63, 3.8) is 0 Å². The molecule has 0 saturated carbocycles. The van der Waals surface area contributed by atoms with Gasteiger partial charge in [-0.25, -0.2) is 0 Å². The Kier molecular flexibility index (Phi) is 13.0. The lowest BCUT2D eigenvalue weighted by molar-refractivity contribution is 0.607. The first-order valence-corrected chi connectivity index (χ1v) is 13.8. The van der Waals surface area contributed by atoms with Gasteiger partial charge in [-0.15, -0.1) is 0 Å². The fraction of sp³-hybridized carbons (Fsp3) is 0.571. The van der Waals surface area contributed by atoms with Crippen molar-refractivity contribution < 1.29 is 0 Å². The van der Waals surface area contributed by atoms with Crippen molar-refractivity contribution in [3.05, 3.63) is 56.5 Å². The van der Waals surface area contributed by atoms with Crippen LogP contribution < -0.4 is 0 Å². The molecular weight excluding hydrogens is 496 g/mol. The van der Waals surface area contributed by atoms with E-state index in [1.54, 1.807) is 0 Å². The molecule has 0 unspecified atom stereocenters. The zero-order valence-electron chi connectivity index (χ0n) is 19.1. The average molecular weight is 536 g/mol. The highest BCUT2D eigenvalue weighted by Gasteiger charge is 2.11. The van der Waals surface area contributed by atoms with E-state index < -0.39 is 0 Å². The molecule has 2 aromatic carbocycles. The topological polar surface area (TPSA) is 0 Å². The molecule has 2 heteroatoms. The van der Waals surface area contributed by atoms with Gasteiger partial charge in [0.2, 0.25) is 0 Å². The first-order valence-electron chi connectivity index (χ1n) is 12.2. The van der Waals surface area contributed by atoms with Crippen molar-refractivity contribution in [2.75, 3.05) is 0 Å². The minimum absolute atomic E-state index is 1.16. The van der Waals surface area contributed by atoms with Crippen LogP contribution in [0.5, 0.6) is 0 Å². The van der Waals surface area contributed by atoms with E-state index in [1.165, 1.54) is 115 Å². The summed E-state index contributed by atoms with van der Waals surface area (Å²) in [5.41, 5.74) is 5.45. The Hall–Kier alpha value is -0.600. The molecular formula is C28H40Br2. The molecule has 0 saturated heterocycles. The first-order chi connectivity index (χ1) is 14.7. The average Bonchev–Trinajstić information content (AvgIpc) is 2.76. The summed E-state index contributed by atoms with van der Waals surface area (Å²) < 4.78 is 2.42. The van der Waals surface area contributed by atoms with Crippen molar-refractivity contribution in [1.82, 2.24) is 0 Å². The molecule has 166 valence electrons. The smallest absolute Gasteiger partial charge is 0.0398 e. The molecule has 0 radical (unpaired) electrons. The van der Waals surface area contributed by atoms with Gasteiger partial charge in [0, 0.05) is 8.95 Å². The van der Waals surface area contributed by atoms with E-state index in [0.717, 1.165) is 6.42 Å². The highest BCUT2D eigenvalue weighted by Crippen LogP contribution is 2.37. The predicted octanol–water partition coefficient (Wildman–Crippen LogP) is 10.7. The quantitative estimate of drug-likeness (QED) is 0.199. The van der Waals surface area contributed by atoms with E-state index >= 15 is 0 Å². The van der Waals surface area contributed by atoms with Crippen LogP contribution in [0.15, 0.2) is 45.3 Å². The molecule has 0 aliphatic heterocycles. The Morgan fingerprint density at radius 3 is 1.67 bits per heavy atom. The summed E-state index contributed by atoms with van der Waals surface area (Å²) in [6.07, 6.45) is 18.6. The maximum absolute atomic E-state index is 3.85. The molecule has 0 aliphatic rings. The maximum Gasteiger partial charge on any atom is 0.0398 e. The van der Waals surface area contributed by atoms with Crippen LogP contribution in [0.4, 0.5) is 0 Å². The second kappa shape index (κ2) is 15.2. The molecule has 2 aromatic rings. The number of aryl methyl sites for hydroxylation is 2. The fourth-order valence-corrected chi connectivity index (χ4v) is 5.22. The fourth-order valence-electron chi connectivity index (χ4n) is 4.06. The van der Waals surface area contributed by atoms with Crippen LogP contribution in [0.2, 0.25) is 0 Å². The summed E-state index contributed by atoms with van der Waals surface area (Å²) in [7, 11) is 0. The Balaban J connectivity index is 1.87. The number of unbranched alkanes of at least 4 members (excludes halogenated alkanes) is 10. The van der Waals surface area contributed by atoms with Crippen LogP contribution in [-0.2, 0) is 12.8 Å². The van der Waals surface area contributed by atoms with Gasteiger partial charge in [0.15, 0.2) is 0 Å². The van der Waals surface area contributed by atoms with Gasteiger partial charge in [0.25, 0.3) is 0 Å². The van der Waals surface area contributed by atoms with E-state index in [2.05, 4.69) is 82.1 Å². The van der Waals surface area contributed by atoms with Gasteiger partial charge in [0.1, 0.15) is 0 Å². The lowest BCUT2D eigenvalue weighted by Crippen LogP contribution is -1.92. The molecule has 0 aromatic heterocycles. The Labute approximate surface area is 202 Å². The summed E-state index contributed by atoms with van der Waals surface area (Å²) >= 11 is 7.70. The van der Waals surface area contributed by atoms with Crippen molar-refractivity contribution in [2.24, 2.45) is 0 Å². The standard InChI is InChI=1S/C28H40Br2/c1-3-5-7-9-11-13-15-23-17-19-24(20-18-23)26-22-21-25(27(29)28(26)30)16-14-12-10-8-6-4-2/h17-22H,3-16H2,1-2H3. The maximum atomic E-state index is 3.85. The Morgan fingerprint density at radius 2 is 1.07 bits per heavy atom. The van der Waals surface area contributed by atoms with Gasteiger partial charge < -0.3 is 0 Å². The van der Waals surface area contributed by atoms with Gasteiger partial charge in [-0.05, 0) is 79.8 Å². The third-order valence-electron chi connectivity index (χ3n) is 6.05. The molecule has 30 heavy (non-hydrogen) atoms. The summed E-state index contributed by atoms with van der Waals surface area (Å²) in [6, 6.07) is 13.8. The Bertz CT molecular complexity index is 718. The highest BCUT2D eigenvalue weighted by molar-refractivity contribution is 9.13. The summed E-state index contributed by atoms with van der Waals surface area (Å²) in [6.45, 7) is 4.56. The molecule has 0 spiro atoms. The predicted molar refractivity (Wildman–Crippen MR) is 141 cm³/mol. The summed E-state index contributed by atoms with van der Waals surface area (Å²) in [5, 5.41) is 0. The normalized spacial score (nSPS) is 11.2. The van der Waals surface area contributed by atoms with Crippen LogP contribution in [0.1, 0.15) is 102 Å². The number of benzene rings is 2. The number of halogens is 2. The van der Waals surface area contributed by atoms with Gasteiger partial charge in [-0.1, -0.05) is 114 Å². The third kappa shape index (κ3) is 8.87. The highest BCUT2D eigenvalue weighted by atomic mass is 79.9. The molecule has 0 amide bonds. The molecule has 2 rings (SSSR count). The van der Waals surface area contributed by atoms with E-state index in [1.807, 2.05) is 0 Å². The van der Waals surface area contributed by atoms with E-state index in [-0.39, 0.29) is 0 Å². The van der Waals surface area contributed by atoms with Crippen LogP contribution in [0.3, 0.4) is 0 Å². The monoisotopic (exact) mass is 534 g/mol. The van der Waals surface area contributed by atoms with Crippen molar-refractivity contribution >= 4 is 31.9 Å². The molecule has 0 N–H and O–H groups in total. The van der Waals surface area contributed by atoms with Crippen LogP contribution in [0, 0.1) is 0 Å². The first kappa shape index (κ1) is 25.7. The molecule has 0 bridgehead atoms. The Morgan fingerprint density at radius 1 is 0.533 bits per heavy atom. The van der Waals surface area contributed by atoms with Crippen LogP contribution in [0.25, 0.3) is 11.1 Å². The van der Waals surface area contributed by atoms with Crippen molar-refractivity contribution in [3.8, 4) is 11.1 Å². The second-order valence-electron chi connectivity index (χ2n) is 8.63. The molecule has 0 aliphatic carbocycles. The van der Waals surface area contributed by atoms with Gasteiger partial charge >= 0.3 is 0 Å². The minimum atomic E-state index is 1.16. The largest absolute Gasteiger partial charge is 0.0654 e. The van der Waals surface area contributed by atoms with Crippen LogP contribution in [-0.4, -0.2) is 0 Å². The van der Waals surface area contributed by atoms with Gasteiger partial charge in [0.05, 0.1) is 0 Å². The summed E-state index contributed by atoms with van der Waals surface area (Å²) in [5.74, 6) is 0. The van der Waals surface area contributed by atoms with Crippen molar-refractivity contribution in [1.29, 1.82) is 0 Å². The van der Waals surface area contributed by atoms with Crippen molar-refractivity contribution in [2.45, 2.75) is 104 Å². The van der Waals surface area contributed by atoms with E-state index in [9.17, 15) is 0 Å². The van der Waals surface area contributed by atoms with E-state index in [0.29, 0.717) is 0 Å². The number of hydrogen-bond donors (Lipinski definition) is 0. The molecule has 0 atom stereocenters. The lowest BCUT2D eigenvalue weighted by atomic mass is 9.98. The van der Waals surface area contributed by atoms with Gasteiger partial charge in [-0.3, -0.25) is 0 Å². The lowest BCUT2D eigenvalue weighted by Gasteiger charge is -2.12. The number of hydrogen-bond acceptors (Lipinski definition) is 0. The molecule has 0 nitrogen and oxygen atoms in total. The zero-order chi connectivity index (χ0) is 21.6. The molecule has 0 fully saturated rings.